The number of fused-ring (bicyclic) bond motifs is 1. The molecule has 2 unspecified atom stereocenters. The lowest BCUT2D eigenvalue weighted by Crippen LogP contribution is -2.31. The van der Waals surface area contributed by atoms with Crippen LogP contribution in [0.5, 0.6) is 0 Å². The number of nitrogens with zero attached hydrogens (tertiary/aromatic N) is 1. The van der Waals surface area contributed by atoms with Crippen molar-refractivity contribution >= 4 is 21.1 Å². The highest BCUT2D eigenvalue weighted by Crippen LogP contribution is 2.23. The minimum absolute atomic E-state index is 0.285. The van der Waals surface area contributed by atoms with Crippen LogP contribution in [0.4, 0.5) is 0 Å². The highest BCUT2D eigenvalue weighted by atomic mass is 31.0. The molecule has 0 N–H and O–H groups in total. The van der Waals surface area contributed by atoms with Crippen molar-refractivity contribution < 1.29 is 14.4 Å². The van der Waals surface area contributed by atoms with Gasteiger partial charge in [0.1, 0.15) is 0 Å². The van der Waals surface area contributed by atoms with Gasteiger partial charge < -0.3 is 0 Å². The molecule has 2 rings (SSSR count). The number of carbonyl (C=O) groups excluding carboxylic acids is 2. The van der Waals surface area contributed by atoms with E-state index in [9.17, 15) is 9.59 Å². The molecule has 5 heteroatoms. The number of imide groups is 1. The Morgan fingerprint density at radius 3 is 2.07 bits per heavy atom. The summed E-state index contributed by atoms with van der Waals surface area (Å²) in [6, 6.07) is 6.67. The first-order valence-electron chi connectivity index (χ1n) is 4.51. The van der Waals surface area contributed by atoms with E-state index in [-0.39, 0.29) is 5.85 Å². The topological polar surface area (TPSA) is 46.6 Å². The van der Waals surface area contributed by atoms with Gasteiger partial charge in [0.2, 0.25) is 0 Å². The van der Waals surface area contributed by atoms with E-state index in [1.165, 1.54) is 0 Å². The van der Waals surface area contributed by atoms with Gasteiger partial charge in [0.25, 0.3) is 11.8 Å². The number of amides is 2. The molecule has 0 saturated carbocycles. The summed E-state index contributed by atoms with van der Waals surface area (Å²) in [5.41, 5.74) is 0.793. The number of hydroxylamine groups is 2. The average molecular weight is 223 g/mol. The molecule has 2 atom stereocenters. The fourth-order valence-electron chi connectivity index (χ4n) is 1.43. The molecule has 1 heterocycles. The molecule has 1 aromatic rings. The zero-order valence-corrected chi connectivity index (χ0v) is 9.29. The lowest BCUT2D eigenvalue weighted by atomic mass is 10.1. The van der Waals surface area contributed by atoms with Crippen LogP contribution in [-0.4, -0.2) is 22.7 Å². The van der Waals surface area contributed by atoms with Crippen LogP contribution in [0, 0.1) is 0 Å². The third kappa shape index (κ3) is 1.66. The van der Waals surface area contributed by atoms with Gasteiger partial charge in [0.15, 0.2) is 0 Å². The summed E-state index contributed by atoms with van der Waals surface area (Å²) in [6.07, 6.45) is 0. The van der Waals surface area contributed by atoms with E-state index in [1.54, 1.807) is 31.2 Å². The Bertz CT molecular complexity index is 395. The normalized spacial score (nSPS) is 16.8. The van der Waals surface area contributed by atoms with Crippen LogP contribution >= 0.6 is 9.24 Å². The molecule has 4 nitrogen and oxygen atoms in total. The van der Waals surface area contributed by atoms with Gasteiger partial charge in [-0.25, -0.2) is 0 Å². The fourth-order valence-corrected chi connectivity index (χ4v) is 1.55. The van der Waals surface area contributed by atoms with Gasteiger partial charge >= 0.3 is 0 Å². The minimum atomic E-state index is -0.398. The van der Waals surface area contributed by atoms with E-state index in [0.717, 1.165) is 5.06 Å². The molecular weight excluding hydrogens is 213 g/mol. The van der Waals surface area contributed by atoms with Crippen molar-refractivity contribution in [3.05, 3.63) is 35.4 Å². The van der Waals surface area contributed by atoms with E-state index >= 15 is 0 Å². The summed E-state index contributed by atoms with van der Waals surface area (Å²) in [5.74, 6) is -1.08. The average Bonchev–Trinajstić information content (AvgIpc) is 2.44. The smallest absolute Gasteiger partial charge is 0.266 e. The van der Waals surface area contributed by atoms with Crippen LogP contribution in [0.3, 0.4) is 0 Å². The molecule has 0 aromatic heterocycles. The van der Waals surface area contributed by atoms with Crippen LogP contribution in [0.15, 0.2) is 24.3 Å². The third-order valence-corrected chi connectivity index (χ3v) is 2.15. The van der Waals surface area contributed by atoms with Crippen molar-refractivity contribution in [3.8, 4) is 0 Å². The number of hydrogen-bond donors (Lipinski definition) is 0. The molecule has 0 radical (unpaired) electrons. The molecule has 1 aliphatic rings. The molecule has 1 aliphatic heterocycles. The number of carbonyl (C=O) groups is 2. The number of hydrogen-bond acceptors (Lipinski definition) is 3. The zero-order chi connectivity index (χ0) is 11.0. The second kappa shape index (κ2) is 3.72. The molecule has 0 spiro atoms. The maximum atomic E-state index is 11.7. The maximum absolute atomic E-state index is 11.7. The van der Waals surface area contributed by atoms with Crippen molar-refractivity contribution in [2.75, 3.05) is 0 Å². The van der Waals surface area contributed by atoms with E-state index < -0.39 is 11.8 Å². The summed E-state index contributed by atoms with van der Waals surface area (Å²) in [6.45, 7) is 1.73. The Labute approximate surface area is 89.4 Å². The predicted octanol–water partition coefficient (Wildman–Crippen LogP) is 1.44. The predicted molar refractivity (Wildman–Crippen MR) is 57.2 cm³/mol. The van der Waals surface area contributed by atoms with E-state index in [4.69, 9.17) is 4.84 Å². The molecule has 0 aliphatic carbocycles. The second-order valence-electron chi connectivity index (χ2n) is 3.26. The quantitative estimate of drug-likeness (QED) is 0.563. The van der Waals surface area contributed by atoms with Crippen LogP contribution in [0.2, 0.25) is 0 Å². The number of benzene rings is 1. The molecule has 2 amide bonds. The van der Waals surface area contributed by atoms with Gasteiger partial charge in [-0.15, -0.1) is 14.3 Å². The zero-order valence-electron chi connectivity index (χ0n) is 8.14. The first-order chi connectivity index (χ1) is 7.11. The molecule has 1 aromatic carbocycles. The maximum Gasteiger partial charge on any atom is 0.285 e. The molecule has 0 fully saturated rings. The van der Waals surface area contributed by atoms with Gasteiger partial charge in [-0.05, 0) is 19.1 Å². The standard InChI is InChI=1S/C10H10NO3P/c1-6(15)14-11-9(12)7-4-2-3-5-8(7)10(11)13/h2-6H,15H2,1H3. The minimum Gasteiger partial charge on any atom is -0.266 e. The van der Waals surface area contributed by atoms with Crippen LogP contribution in [0.25, 0.3) is 0 Å². The van der Waals surface area contributed by atoms with Crippen molar-refractivity contribution in [1.82, 2.24) is 5.06 Å². The van der Waals surface area contributed by atoms with Gasteiger partial charge in [0, 0.05) is 0 Å². The van der Waals surface area contributed by atoms with E-state index in [2.05, 4.69) is 9.24 Å². The SMILES string of the molecule is CC(P)ON1C(=O)c2ccccc2C1=O. The Morgan fingerprint density at radius 2 is 1.67 bits per heavy atom. The van der Waals surface area contributed by atoms with Gasteiger partial charge in [-0.2, -0.15) is 0 Å². The largest absolute Gasteiger partial charge is 0.285 e. The van der Waals surface area contributed by atoms with Gasteiger partial charge in [0.05, 0.1) is 17.0 Å². The van der Waals surface area contributed by atoms with Crippen molar-refractivity contribution in [1.29, 1.82) is 0 Å². The third-order valence-electron chi connectivity index (χ3n) is 2.03. The summed E-state index contributed by atoms with van der Waals surface area (Å²) in [5, 5.41) is 0.808. The van der Waals surface area contributed by atoms with Crippen LogP contribution in [-0.2, 0) is 4.84 Å². The molecule has 0 saturated heterocycles. The summed E-state index contributed by atoms with van der Waals surface area (Å²) >= 11 is 0. The lowest BCUT2D eigenvalue weighted by Gasteiger charge is -2.15. The Morgan fingerprint density at radius 1 is 1.20 bits per heavy atom. The Hall–Kier alpha value is -1.25. The highest BCUT2D eigenvalue weighted by molar-refractivity contribution is 7.17. The van der Waals surface area contributed by atoms with Crippen molar-refractivity contribution in [3.63, 3.8) is 0 Å². The number of rotatable bonds is 2. The fraction of sp³-hybridized carbons (Fsp3) is 0.200. The van der Waals surface area contributed by atoms with Crippen LogP contribution < -0.4 is 0 Å². The summed E-state index contributed by atoms with van der Waals surface area (Å²) in [4.78, 5) is 28.5. The first kappa shape index (κ1) is 10.3. The first-order valence-corrected chi connectivity index (χ1v) is 5.18. The van der Waals surface area contributed by atoms with Gasteiger partial charge in [-0.3, -0.25) is 14.4 Å². The van der Waals surface area contributed by atoms with Crippen molar-refractivity contribution in [2.45, 2.75) is 12.8 Å². The second-order valence-corrected chi connectivity index (χ2v) is 4.20. The van der Waals surface area contributed by atoms with Gasteiger partial charge in [-0.1, -0.05) is 12.1 Å². The molecule has 78 valence electrons. The Balaban J connectivity index is 2.37. The lowest BCUT2D eigenvalue weighted by molar-refractivity contribution is -0.0983. The molecular formula is C10H10NO3P. The monoisotopic (exact) mass is 223 g/mol. The Kier molecular flexibility index (Phi) is 2.55. The van der Waals surface area contributed by atoms with Crippen LogP contribution in [0.1, 0.15) is 27.6 Å². The molecule has 15 heavy (non-hydrogen) atoms. The molecule has 0 bridgehead atoms. The summed E-state index contributed by atoms with van der Waals surface area (Å²) < 4.78 is 0. The summed E-state index contributed by atoms with van der Waals surface area (Å²) in [7, 11) is 2.37. The van der Waals surface area contributed by atoms with E-state index in [0.29, 0.717) is 11.1 Å². The van der Waals surface area contributed by atoms with E-state index in [1.807, 2.05) is 0 Å². The van der Waals surface area contributed by atoms with Crippen molar-refractivity contribution in [2.24, 2.45) is 0 Å². The highest BCUT2D eigenvalue weighted by Gasteiger charge is 2.36.